The molecule has 1 aromatic carbocycles. The number of H-pyrrole nitrogens is 1. The van der Waals surface area contributed by atoms with Gasteiger partial charge in [-0.05, 0) is 51.2 Å². The summed E-state index contributed by atoms with van der Waals surface area (Å²) in [7, 11) is 0. The van der Waals surface area contributed by atoms with E-state index in [1.54, 1.807) is 6.21 Å². The SMILES string of the molecule is CCn1nc(C)c(/C=N\NC(=O)[C@@]2(C)CC[C@H](c3nc4ccccc4[nH]3)C2(C)C)c1C. The van der Waals surface area contributed by atoms with Gasteiger partial charge in [0, 0.05) is 23.7 Å². The lowest BCUT2D eigenvalue weighted by molar-refractivity contribution is -0.135. The number of hydrazone groups is 1. The number of aromatic nitrogens is 4. The van der Waals surface area contributed by atoms with Crippen LogP contribution in [-0.4, -0.2) is 31.9 Å². The van der Waals surface area contributed by atoms with Gasteiger partial charge in [-0.1, -0.05) is 32.9 Å². The molecule has 0 saturated heterocycles. The largest absolute Gasteiger partial charge is 0.342 e. The van der Waals surface area contributed by atoms with E-state index < -0.39 is 5.41 Å². The maximum atomic E-state index is 13.3. The molecule has 2 atom stereocenters. The number of amides is 1. The zero-order chi connectivity index (χ0) is 22.4. The average molecular weight is 421 g/mol. The van der Waals surface area contributed by atoms with Crippen LogP contribution in [0.1, 0.15) is 69.2 Å². The van der Waals surface area contributed by atoms with Crippen molar-refractivity contribution in [2.24, 2.45) is 15.9 Å². The predicted molar refractivity (Wildman–Crippen MR) is 123 cm³/mol. The summed E-state index contributed by atoms with van der Waals surface area (Å²) in [6.45, 7) is 13.2. The van der Waals surface area contributed by atoms with Gasteiger partial charge in [-0.3, -0.25) is 9.48 Å². The van der Waals surface area contributed by atoms with E-state index in [-0.39, 0.29) is 17.2 Å². The fourth-order valence-electron chi connectivity index (χ4n) is 5.01. The molecule has 3 aromatic rings. The van der Waals surface area contributed by atoms with Crippen LogP contribution in [-0.2, 0) is 11.3 Å². The zero-order valence-electron chi connectivity index (χ0n) is 19.3. The summed E-state index contributed by atoms with van der Waals surface area (Å²) < 4.78 is 1.94. The van der Waals surface area contributed by atoms with Crippen LogP contribution in [0, 0.1) is 24.7 Å². The lowest BCUT2D eigenvalue weighted by Gasteiger charge is -2.39. The van der Waals surface area contributed by atoms with E-state index in [1.165, 1.54) is 0 Å². The molecule has 1 amide bonds. The first-order chi connectivity index (χ1) is 14.7. The maximum Gasteiger partial charge on any atom is 0.246 e. The molecule has 2 heterocycles. The van der Waals surface area contributed by atoms with Gasteiger partial charge in [-0.25, -0.2) is 10.4 Å². The Labute approximate surface area is 183 Å². The van der Waals surface area contributed by atoms with Gasteiger partial charge in [0.05, 0.1) is 28.4 Å². The van der Waals surface area contributed by atoms with E-state index >= 15 is 0 Å². The molecule has 0 unspecified atom stereocenters. The summed E-state index contributed by atoms with van der Waals surface area (Å²) >= 11 is 0. The molecule has 164 valence electrons. The van der Waals surface area contributed by atoms with Crippen molar-refractivity contribution in [2.45, 2.75) is 66.8 Å². The molecule has 2 aromatic heterocycles. The highest BCUT2D eigenvalue weighted by Crippen LogP contribution is 2.59. The van der Waals surface area contributed by atoms with Crippen molar-refractivity contribution in [3.8, 4) is 0 Å². The van der Waals surface area contributed by atoms with Crippen LogP contribution in [0.5, 0.6) is 0 Å². The van der Waals surface area contributed by atoms with Crippen LogP contribution in [0.3, 0.4) is 0 Å². The monoisotopic (exact) mass is 420 g/mol. The topological polar surface area (TPSA) is 88.0 Å². The zero-order valence-corrected chi connectivity index (χ0v) is 19.3. The normalized spacial score (nSPS) is 23.1. The minimum atomic E-state index is -0.550. The second kappa shape index (κ2) is 7.62. The number of para-hydroxylation sites is 2. The fourth-order valence-corrected chi connectivity index (χ4v) is 5.01. The highest BCUT2D eigenvalue weighted by Gasteiger charge is 2.57. The minimum absolute atomic E-state index is 0.0504. The van der Waals surface area contributed by atoms with Crippen molar-refractivity contribution in [1.82, 2.24) is 25.2 Å². The third-order valence-corrected chi connectivity index (χ3v) is 7.56. The predicted octanol–water partition coefficient (Wildman–Crippen LogP) is 4.46. The Bertz CT molecular complexity index is 1120. The number of fused-ring (bicyclic) bond motifs is 1. The van der Waals surface area contributed by atoms with Crippen LogP contribution >= 0.6 is 0 Å². The average Bonchev–Trinajstić information content (AvgIpc) is 3.35. The first-order valence-electron chi connectivity index (χ1n) is 11.0. The molecule has 31 heavy (non-hydrogen) atoms. The molecule has 1 saturated carbocycles. The highest BCUT2D eigenvalue weighted by atomic mass is 16.2. The van der Waals surface area contributed by atoms with Crippen molar-refractivity contribution in [3.63, 3.8) is 0 Å². The molecule has 0 bridgehead atoms. The summed E-state index contributed by atoms with van der Waals surface area (Å²) in [6, 6.07) is 8.06. The first kappa shape index (κ1) is 21.3. The fraction of sp³-hybridized carbons (Fsp3) is 0.500. The summed E-state index contributed by atoms with van der Waals surface area (Å²) in [5.41, 5.74) is 6.91. The molecule has 0 radical (unpaired) electrons. The van der Waals surface area contributed by atoms with E-state index in [4.69, 9.17) is 4.98 Å². The number of aromatic amines is 1. The van der Waals surface area contributed by atoms with Gasteiger partial charge in [0.2, 0.25) is 5.91 Å². The maximum absolute atomic E-state index is 13.3. The van der Waals surface area contributed by atoms with Gasteiger partial charge < -0.3 is 4.98 Å². The standard InChI is InChI=1S/C24H32N6O/c1-7-30-16(3)17(15(2)29-30)14-25-28-22(31)24(6)13-12-18(23(24,4)5)21-26-19-10-8-9-11-20(19)27-21/h8-11,14,18H,7,12-13H2,1-6H3,(H,26,27)(H,28,31)/b25-14-/t18-,24-/m1/s1. The molecular formula is C24H32N6O. The van der Waals surface area contributed by atoms with E-state index in [1.807, 2.05) is 49.7 Å². The van der Waals surface area contributed by atoms with Crippen molar-refractivity contribution >= 4 is 23.2 Å². The second-order valence-corrected chi connectivity index (χ2v) is 9.38. The summed E-state index contributed by atoms with van der Waals surface area (Å²) in [6.07, 6.45) is 3.40. The number of hydrogen-bond acceptors (Lipinski definition) is 4. The van der Waals surface area contributed by atoms with Gasteiger partial charge in [0.25, 0.3) is 0 Å². The molecule has 0 spiro atoms. The molecule has 4 rings (SSSR count). The van der Waals surface area contributed by atoms with E-state index in [0.29, 0.717) is 0 Å². The number of carbonyl (C=O) groups is 1. The Morgan fingerprint density at radius 2 is 2.06 bits per heavy atom. The lowest BCUT2D eigenvalue weighted by atomic mass is 9.65. The second-order valence-electron chi connectivity index (χ2n) is 9.38. The number of carbonyl (C=O) groups excluding carboxylic acids is 1. The van der Waals surface area contributed by atoms with Crippen LogP contribution < -0.4 is 5.43 Å². The number of aryl methyl sites for hydroxylation is 2. The quantitative estimate of drug-likeness (QED) is 0.472. The van der Waals surface area contributed by atoms with Crippen LogP contribution in [0.15, 0.2) is 29.4 Å². The van der Waals surface area contributed by atoms with Gasteiger partial charge >= 0.3 is 0 Å². The Morgan fingerprint density at radius 3 is 2.74 bits per heavy atom. The van der Waals surface area contributed by atoms with Crippen LogP contribution in [0.2, 0.25) is 0 Å². The van der Waals surface area contributed by atoms with E-state index in [2.05, 4.69) is 41.4 Å². The summed E-state index contributed by atoms with van der Waals surface area (Å²) in [5, 5.41) is 8.80. The Hall–Kier alpha value is -2.96. The molecular weight excluding hydrogens is 388 g/mol. The number of nitrogens with one attached hydrogen (secondary N) is 2. The van der Waals surface area contributed by atoms with Gasteiger partial charge in [-0.2, -0.15) is 10.2 Å². The number of benzene rings is 1. The third kappa shape index (κ3) is 3.36. The van der Waals surface area contributed by atoms with Crippen molar-refractivity contribution in [2.75, 3.05) is 0 Å². The van der Waals surface area contributed by atoms with Crippen molar-refractivity contribution in [3.05, 3.63) is 47.0 Å². The van der Waals surface area contributed by atoms with E-state index in [9.17, 15) is 4.79 Å². The summed E-state index contributed by atoms with van der Waals surface area (Å²) in [4.78, 5) is 21.6. The van der Waals surface area contributed by atoms with Crippen LogP contribution in [0.4, 0.5) is 0 Å². The van der Waals surface area contributed by atoms with Gasteiger partial charge in [0.15, 0.2) is 0 Å². The molecule has 7 nitrogen and oxygen atoms in total. The molecule has 0 aliphatic heterocycles. The Kier molecular flexibility index (Phi) is 5.23. The first-order valence-corrected chi connectivity index (χ1v) is 11.0. The molecule has 2 N–H and O–H groups in total. The number of hydrogen-bond donors (Lipinski definition) is 2. The van der Waals surface area contributed by atoms with E-state index in [0.717, 1.165) is 53.2 Å². The molecule has 1 aliphatic rings. The smallest absolute Gasteiger partial charge is 0.246 e. The number of imidazole rings is 1. The summed E-state index contributed by atoms with van der Waals surface area (Å²) in [5.74, 6) is 1.09. The number of nitrogens with zero attached hydrogens (tertiary/aromatic N) is 4. The highest BCUT2D eigenvalue weighted by molar-refractivity contribution is 5.87. The Morgan fingerprint density at radius 1 is 1.32 bits per heavy atom. The van der Waals surface area contributed by atoms with Gasteiger partial charge in [-0.15, -0.1) is 0 Å². The van der Waals surface area contributed by atoms with Crippen molar-refractivity contribution < 1.29 is 4.79 Å². The Balaban J connectivity index is 1.53. The molecule has 1 fully saturated rings. The molecule has 7 heteroatoms. The van der Waals surface area contributed by atoms with Gasteiger partial charge in [0.1, 0.15) is 5.82 Å². The lowest BCUT2D eigenvalue weighted by Crippen LogP contribution is -2.45. The third-order valence-electron chi connectivity index (χ3n) is 7.56. The molecule has 1 aliphatic carbocycles. The number of rotatable bonds is 5. The minimum Gasteiger partial charge on any atom is -0.342 e. The van der Waals surface area contributed by atoms with Crippen LogP contribution in [0.25, 0.3) is 11.0 Å². The van der Waals surface area contributed by atoms with Crippen molar-refractivity contribution in [1.29, 1.82) is 0 Å².